The molecule has 3 aromatic carbocycles. The predicted molar refractivity (Wildman–Crippen MR) is 164 cm³/mol. The molecular weight excluding hydrogens is 560 g/mol. The molecule has 0 radical (unpaired) electrons. The molecular formula is C32H34Cl2FN5O. The number of hydrogen-bond acceptors (Lipinski definition) is 5. The molecule has 0 unspecified atom stereocenters. The molecule has 1 aromatic heterocycles. The Morgan fingerprint density at radius 1 is 1.05 bits per heavy atom. The van der Waals surface area contributed by atoms with Crippen LogP contribution in [0.5, 0.6) is 0 Å². The number of carbonyl (C=O) groups is 1. The van der Waals surface area contributed by atoms with E-state index in [1.165, 1.54) is 6.07 Å². The highest BCUT2D eigenvalue weighted by Gasteiger charge is 2.42. The normalized spacial score (nSPS) is 19.9. The minimum Gasteiger partial charge on any atom is -0.340 e. The average Bonchev–Trinajstić information content (AvgIpc) is 3.58. The van der Waals surface area contributed by atoms with Gasteiger partial charge in [-0.2, -0.15) is 0 Å². The minimum atomic E-state index is -0.442. The molecule has 4 aromatic rings. The fraction of sp³-hybridized carbons (Fsp3) is 0.375. The van der Waals surface area contributed by atoms with Gasteiger partial charge in [0, 0.05) is 54.8 Å². The summed E-state index contributed by atoms with van der Waals surface area (Å²) in [5, 5.41) is 4.10. The Morgan fingerprint density at radius 2 is 1.80 bits per heavy atom. The Labute approximate surface area is 250 Å². The van der Waals surface area contributed by atoms with E-state index < -0.39 is 5.82 Å². The molecule has 2 aliphatic rings. The molecule has 0 amide bonds. The fourth-order valence-corrected chi connectivity index (χ4v) is 6.82. The van der Waals surface area contributed by atoms with Gasteiger partial charge in [0.15, 0.2) is 5.78 Å². The topological polar surface area (TPSA) is 53.4 Å². The van der Waals surface area contributed by atoms with E-state index in [4.69, 9.17) is 28.2 Å². The molecule has 0 spiro atoms. The number of ketones is 1. The van der Waals surface area contributed by atoms with Gasteiger partial charge >= 0.3 is 0 Å². The van der Waals surface area contributed by atoms with Crippen LogP contribution in [0.15, 0.2) is 60.7 Å². The number of anilines is 1. The molecule has 3 heterocycles. The van der Waals surface area contributed by atoms with Gasteiger partial charge in [-0.25, -0.2) is 9.37 Å². The number of nitrogens with zero attached hydrogens (tertiary/aromatic N) is 4. The first-order valence-corrected chi connectivity index (χ1v) is 15.0. The van der Waals surface area contributed by atoms with Gasteiger partial charge in [-0.3, -0.25) is 9.69 Å². The zero-order chi connectivity index (χ0) is 28.7. The monoisotopic (exact) mass is 593 g/mol. The Bertz CT molecular complexity index is 1570. The van der Waals surface area contributed by atoms with E-state index in [0.29, 0.717) is 11.6 Å². The summed E-state index contributed by atoms with van der Waals surface area (Å²) >= 11 is 13.0. The average molecular weight is 595 g/mol. The van der Waals surface area contributed by atoms with Crippen molar-refractivity contribution in [1.29, 1.82) is 0 Å². The maximum atomic E-state index is 14.0. The van der Waals surface area contributed by atoms with Crippen LogP contribution in [0.1, 0.15) is 47.8 Å². The van der Waals surface area contributed by atoms with Crippen LogP contribution in [0.4, 0.5) is 10.3 Å². The van der Waals surface area contributed by atoms with Crippen LogP contribution >= 0.6 is 23.2 Å². The van der Waals surface area contributed by atoms with Crippen LogP contribution in [0.2, 0.25) is 10.0 Å². The second-order valence-electron chi connectivity index (χ2n) is 11.2. The number of likely N-dealkylation sites (tertiary alicyclic amines) is 1. The largest absolute Gasteiger partial charge is 0.340 e. The van der Waals surface area contributed by atoms with Crippen molar-refractivity contribution >= 4 is 46.0 Å². The van der Waals surface area contributed by atoms with Crippen LogP contribution in [-0.4, -0.2) is 59.0 Å². The second-order valence-corrected chi connectivity index (χ2v) is 12.1. The van der Waals surface area contributed by atoms with E-state index in [9.17, 15) is 9.18 Å². The first kappa shape index (κ1) is 28.2. The van der Waals surface area contributed by atoms with Crippen molar-refractivity contribution in [2.45, 2.75) is 38.9 Å². The van der Waals surface area contributed by atoms with Crippen LogP contribution in [0.3, 0.4) is 0 Å². The molecule has 0 bridgehead atoms. The second kappa shape index (κ2) is 11.7. The van der Waals surface area contributed by atoms with Gasteiger partial charge < -0.3 is 14.8 Å². The third-order valence-electron chi connectivity index (χ3n) is 8.37. The summed E-state index contributed by atoms with van der Waals surface area (Å²) in [6, 6.07) is 18.4. The molecule has 6 nitrogen and oxygen atoms in total. The van der Waals surface area contributed by atoms with Gasteiger partial charge in [-0.15, -0.1) is 0 Å². The molecule has 0 aliphatic carbocycles. The Morgan fingerprint density at radius 3 is 2.51 bits per heavy atom. The number of aromatic nitrogens is 2. The summed E-state index contributed by atoms with van der Waals surface area (Å²) in [4.78, 5) is 23.9. The van der Waals surface area contributed by atoms with Crippen molar-refractivity contribution in [2.24, 2.45) is 5.92 Å². The van der Waals surface area contributed by atoms with Crippen LogP contribution in [0, 0.1) is 11.7 Å². The number of rotatable bonds is 7. The Balaban J connectivity index is 1.52. The maximum Gasteiger partial charge on any atom is 0.206 e. The SMILES string of the molecule is CC(C)N1CC[C@@H](C(=O)c2ccccc2)[C@@H]1c1cc(Cl)cc2c1nc(N1CCNCC1)n2Cc1ccc(F)c(Cl)c1. The predicted octanol–water partition coefficient (Wildman–Crippen LogP) is 6.59. The number of hydrogen-bond donors (Lipinski definition) is 1. The minimum absolute atomic E-state index is 0.0927. The molecule has 0 saturated carbocycles. The standard InChI is InChI=1S/C32H34Cl2FN5O/c1-20(2)39-13-10-24(31(41)22-6-4-3-5-7-22)30(39)25-17-23(33)18-28-29(25)37-32(38-14-11-36-12-15-38)40(28)19-21-8-9-27(35)26(34)16-21/h3-9,16-18,20,24,30,36H,10-15,19H2,1-2H3/t24-,30-/m1/s1. The molecule has 41 heavy (non-hydrogen) atoms. The molecule has 1 N–H and O–H groups in total. The third kappa shape index (κ3) is 5.48. The quantitative estimate of drug-likeness (QED) is 0.245. The van der Waals surface area contributed by atoms with E-state index in [1.54, 1.807) is 12.1 Å². The molecule has 6 rings (SSSR count). The summed E-state index contributed by atoms with van der Waals surface area (Å²) in [6.07, 6.45) is 0.768. The highest BCUT2D eigenvalue weighted by molar-refractivity contribution is 6.31. The maximum absolute atomic E-state index is 14.0. The number of Topliss-reactive ketones (excluding diaryl/α,β-unsaturated/α-hetero) is 1. The van der Waals surface area contributed by atoms with E-state index >= 15 is 0 Å². The van der Waals surface area contributed by atoms with Gasteiger partial charge in [0.05, 0.1) is 22.6 Å². The van der Waals surface area contributed by atoms with E-state index in [2.05, 4.69) is 33.5 Å². The number of nitrogens with one attached hydrogen (secondary N) is 1. The summed E-state index contributed by atoms with van der Waals surface area (Å²) in [7, 11) is 0. The summed E-state index contributed by atoms with van der Waals surface area (Å²) in [5.41, 5.74) is 4.31. The Kier molecular flexibility index (Phi) is 8.05. The fourth-order valence-electron chi connectivity index (χ4n) is 6.39. The number of imidazole rings is 1. The lowest BCUT2D eigenvalue weighted by atomic mass is 9.86. The van der Waals surface area contributed by atoms with Crippen molar-refractivity contribution < 1.29 is 9.18 Å². The molecule has 2 aliphatic heterocycles. The van der Waals surface area contributed by atoms with Crippen molar-refractivity contribution in [3.63, 3.8) is 0 Å². The first-order valence-electron chi connectivity index (χ1n) is 14.3. The molecule has 214 valence electrons. The van der Waals surface area contributed by atoms with Crippen LogP contribution < -0.4 is 10.2 Å². The molecule has 2 atom stereocenters. The van der Waals surface area contributed by atoms with Gasteiger partial charge in [-0.1, -0.05) is 59.6 Å². The molecule has 2 saturated heterocycles. The number of carbonyl (C=O) groups excluding carboxylic acids is 1. The first-order chi connectivity index (χ1) is 19.8. The summed E-state index contributed by atoms with van der Waals surface area (Å²) in [5.74, 6) is 0.327. The summed E-state index contributed by atoms with van der Waals surface area (Å²) < 4.78 is 16.1. The van der Waals surface area contributed by atoms with E-state index in [0.717, 1.165) is 72.8 Å². The smallest absolute Gasteiger partial charge is 0.206 e. The van der Waals surface area contributed by atoms with E-state index in [1.807, 2.05) is 42.5 Å². The summed E-state index contributed by atoms with van der Waals surface area (Å²) in [6.45, 7) is 8.97. The van der Waals surface area contributed by atoms with Gasteiger partial charge in [0.25, 0.3) is 0 Å². The number of piperazine rings is 1. The van der Waals surface area contributed by atoms with E-state index in [-0.39, 0.29) is 28.8 Å². The lowest BCUT2D eigenvalue weighted by Crippen LogP contribution is -2.44. The van der Waals surface area contributed by atoms with Crippen LogP contribution in [-0.2, 0) is 6.54 Å². The van der Waals surface area contributed by atoms with Gasteiger partial charge in [0.1, 0.15) is 5.82 Å². The number of halogens is 3. The highest BCUT2D eigenvalue weighted by Crippen LogP contribution is 2.44. The highest BCUT2D eigenvalue weighted by atomic mass is 35.5. The van der Waals surface area contributed by atoms with Crippen molar-refractivity contribution in [3.8, 4) is 0 Å². The lowest BCUT2D eigenvalue weighted by molar-refractivity contribution is 0.0868. The van der Waals surface area contributed by atoms with Crippen molar-refractivity contribution in [3.05, 3.63) is 93.2 Å². The van der Waals surface area contributed by atoms with Crippen molar-refractivity contribution in [1.82, 2.24) is 19.8 Å². The number of fused-ring (bicyclic) bond motifs is 1. The number of benzene rings is 3. The zero-order valence-corrected chi connectivity index (χ0v) is 24.8. The third-order valence-corrected chi connectivity index (χ3v) is 8.87. The van der Waals surface area contributed by atoms with Crippen molar-refractivity contribution in [2.75, 3.05) is 37.6 Å². The lowest BCUT2D eigenvalue weighted by Gasteiger charge is -2.31. The molecule has 2 fully saturated rings. The van der Waals surface area contributed by atoms with Gasteiger partial charge in [-0.05, 0) is 62.2 Å². The zero-order valence-electron chi connectivity index (χ0n) is 23.3. The van der Waals surface area contributed by atoms with Crippen LogP contribution in [0.25, 0.3) is 11.0 Å². The molecule has 9 heteroatoms. The Hall–Kier alpha value is -2.97. The van der Waals surface area contributed by atoms with Gasteiger partial charge in [0.2, 0.25) is 5.95 Å².